The summed E-state index contributed by atoms with van der Waals surface area (Å²) >= 11 is 0. The third kappa shape index (κ3) is 2.39. The van der Waals surface area contributed by atoms with Crippen LogP contribution in [0.5, 0.6) is 0 Å². The summed E-state index contributed by atoms with van der Waals surface area (Å²) in [5.41, 5.74) is 2.17. The van der Waals surface area contributed by atoms with Crippen molar-refractivity contribution in [3.05, 3.63) is 78.5 Å². The van der Waals surface area contributed by atoms with Gasteiger partial charge in [-0.25, -0.2) is 4.79 Å². The second-order valence-electron chi connectivity index (χ2n) is 5.75. The van der Waals surface area contributed by atoms with Crippen LogP contribution >= 0.6 is 0 Å². The molecule has 25 heavy (non-hydrogen) atoms. The van der Waals surface area contributed by atoms with E-state index in [1.165, 1.54) is 7.11 Å². The van der Waals surface area contributed by atoms with Gasteiger partial charge in [0.25, 0.3) is 5.78 Å². The summed E-state index contributed by atoms with van der Waals surface area (Å²) in [6.45, 7) is 0. The number of hydrogen-bond acceptors (Lipinski definition) is 3. The number of Topliss-reactive ketones (excluding diaryl/α,β-unsaturated/α-hetero) is 1. The van der Waals surface area contributed by atoms with E-state index in [-0.39, 0.29) is 0 Å². The number of hydrogen-bond donors (Lipinski definition) is 0. The van der Waals surface area contributed by atoms with Crippen molar-refractivity contribution in [2.45, 2.75) is 0 Å². The van der Waals surface area contributed by atoms with Crippen LogP contribution in [0, 0.1) is 0 Å². The van der Waals surface area contributed by atoms with Gasteiger partial charge >= 0.3 is 5.97 Å². The number of aromatic nitrogens is 1. The lowest BCUT2D eigenvalue weighted by molar-refractivity contribution is -0.135. The van der Waals surface area contributed by atoms with E-state index in [0.717, 1.165) is 27.4 Å². The van der Waals surface area contributed by atoms with E-state index in [0.29, 0.717) is 5.56 Å². The van der Waals surface area contributed by atoms with Crippen molar-refractivity contribution in [1.29, 1.82) is 0 Å². The van der Waals surface area contributed by atoms with Crippen molar-refractivity contribution in [3.63, 3.8) is 0 Å². The Morgan fingerprint density at radius 3 is 2.32 bits per heavy atom. The van der Waals surface area contributed by atoms with Crippen LogP contribution in [0.15, 0.2) is 72.9 Å². The molecule has 0 aliphatic heterocycles. The molecule has 0 saturated heterocycles. The topological polar surface area (TPSA) is 48.3 Å². The molecular formula is C21H15NO3. The molecule has 4 heteroatoms. The van der Waals surface area contributed by atoms with Crippen LogP contribution in [0.1, 0.15) is 10.4 Å². The van der Waals surface area contributed by atoms with E-state index in [1.54, 1.807) is 6.20 Å². The monoisotopic (exact) mass is 329 g/mol. The van der Waals surface area contributed by atoms with Crippen molar-refractivity contribution in [2.24, 2.45) is 0 Å². The second kappa shape index (κ2) is 5.91. The lowest BCUT2D eigenvalue weighted by atomic mass is 10.1. The third-order valence-corrected chi connectivity index (χ3v) is 4.35. The molecule has 0 N–H and O–H groups in total. The van der Waals surface area contributed by atoms with E-state index in [9.17, 15) is 9.59 Å². The molecule has 4 nitrogen and oxygen atoms in total. The fraction of sp³-hybridized carbons (Fsp3) is 0.0476. The number of ether oxygens (including phenoxy) is 1. The zero-order valence-electron chi connectivity index (χ0n) is 13.6. The number of esters is 1. The lowest BCUT2D eigenvalue weighted by Gasteiger charge is -2.09. The SMILES string of the molecule is COC(=O)C(=O)c1cn(-c2cccc3ccccc23)c2ccccc12. The Morgan fingerprint density at radius 2 is 1.52 bits per heavy atom. The molecule has 0 saturated carbocycles. The minimum absolute atomic E-state index is 0.343. The van der Waals surface area contributed by atoms with Crippen molar-refractivity contribution in [1.82, 2.24) is 4.57 Å². The van der Waals surface area contributed by atoms with Gasteiger partial charge in [0.15, 0.2) is 0 Å². The van der Waals surface area contributed by atoms with Gasteiger partial charge in [0.05, 0.1) is 23.9 Å². The maximum Gasteiger partial charge on any atom is 0.379 e. The number of para-hydroxylation sites is 1. The molecule has 0 aliphatic carbocycles. The van der Waals surface area contributed by atoms with Crippen LogP contribution in [0.2, 0.25) is 0 Å². The minimum Gasteiger partial charge on any atom is -0.463 e. The van der Waals surface area contributed by atoms with Crippen molar-refractivity contribution in [2.75, 3.05) is 7.11 Å². The van der Waals surface area contributed by atoms with Gasteiger partial charge in [-0.15, -0.1) is 0 Å². The normalized spacial score (nSPS) is 10.9. The van der Waals surface area contributed by atoms with Gasteiger partial charge in [-0.3, -0.25) is 4.79 Å². The van der Waals surface area contributed by atoms with Crippen LogP contribution < -0.4 is 0 Å². The molecule has 0 unspecified atom stereocenters. The fourth-order valence-electron chi connectivity index (χ4n) is 3.18. The molecule has 0 spiro atoms. The van der Waals surface area contributed by atoms with Gasteiger partial charge in [-0.05, 0) is 17.5 Å². The molecule has 122 valence electrons. The van der Waals surface area contributed by atoms with Gasteiger partial charge in [0.2, 0.25) is 0 Å². The summed E-state index contributed by atoms with van der Waals surface area (Å²) in [5, 5.41) is 2.91. The highest BCUT2D eigenvalue weighted by molar-refractivity contribution is 6.43. The summed E-state index contributed by atoms with van der Waals surface area (Å²) < 4.78 is 6.56. The molecule has 0 aliphatic rings. The Morgan fingerprint density at radius 1 is 0.840 bits per heavy atom. The Bertz CT molecular complexity index is 1120. The maximum absolute atomic E-state index is 12.4. The Kier molecular flexibility index (Phi) is 3.58. The smallest absolute Gasteiger partial charge is 0.379 e. The predicted octanol–water partition coefficient (Wildman–Crippen LogP) is 4.14. The van der Waals surface area contributed by atoms with Gasteiger partial charge in [-0.2, -0.15) is 0 Å². The van der Waals surface area contributed by atoms with Gasteiger partial charge in [0, 0.05) is 17.0 Å². The van der Waals surface area contributed by atoms with Crippen LogP contribution in [0.4, 0.5) is 0 Å². The van der Waals surface area contributed by atoms with Crippen molar-refractivity contribution >= 4 is 33.4 Å². The van der Waals surface area contributed by atoms with E-state index in [1.807, 2.05) is 71.3 Å². The molecule has 4 rings (SSSR count). The number of benzene rings is 3. The number of rotatable bonds is 3. The molecule has 3 aromatic carbocycles. The quantitative estimate of drug-likeness (QED) is 0.322. The zero-order chi connectivity index (χ0) is 17.4. The first-order valence-corrected chi connectivity index (χ1v) is 7.91. The maximum atomic E-state index is 12.4. The van der Waals surface area contributed by atoms with E-state index in [4.69, 9.17) is 0 Å². The van der Waals surface area contributed by atoms with Gasteiger partial charge in [0.1, 0.15) is 0 Å². The second-order valence-corrected chi connectivity index (χ2v) is 5.75. The number of carbonyl (C=O) groups excluding carboxylic acids is 2. The van der Waals surface area contributed by atoms with Crippen LogP contribution in [0.25, 0.3) is 27.4 Å². The lowest BCUT2D eigenvalue weighted by Crippen LogP contribution is -2.15. The summed E-state index contributed by atoms with van der Waals surface area (Å²) in [5.74, 6) is -1.50. The van der Waals surface area contributed by atoms with Gasteiger partial charge in [-0.1, -0.05) is 54.6 Å². The average Bonchev–Trinajstić information content (AvgIpc) is 3.06. The standard InChI is InChI=1S/C21H15NO3/c1-25-21(24)20(23)17-13-22(19-11-5-4-10-16(17)19)18-12-6-8-14-7-2-3-9-15(14)18/h2-13H,1H3. The van der Waals surface area contributed by atoms with E-state index in [2.05, 4.69) is 4.74 Å². The number of ketones is 1. The van der Waals surface area contributed by atoms with Gasteiger partial charge < -0.3 is 9.30 Å². The summed E-state index contributed by atoms with van der Waals surface area (Å²) in [7, 11) is 1.21. The van der Waals surface area contributed by atoms with Crippen LogP contribution in [-0.4, -0.2) is 23.4 Å². The molecule has 0 bridgehead atoms. The Hall–Kier alpha value is -3.40. The summed E-state index contributed by atoms with van der Waals surface area (Å²) in [4.78, 5) is 24.1. The highest BCUT2D eigenvalue weighted by atomic mass is 16.5. The molecule has 0 radical (unpaired) electrons. The molecule has 1 heterocycles. The van der Waals surface area contributed by atoms with Crippen molar-refractivity contribution in [3.8, 4) is 5.69 Å². The first kappa shape index (κ1) is 15.1. The number of fused-ring (bicyclic) bond motifs is 2. The Balaban J connectivity index is 2.03. The molecule has 4 aromatic rings. The molecule has 0 amide bonds. The minimum atomic E-state index is -0.860. The molecule has 0 fully saturated rings. The zero-order valence-corrected chi connectivity index (χ0v) is 13.6. The molecular weight excluding hydrogens is 314 g/mol. The van der Waals surface area contributed by atoms with Crippen LogP contribution in [0.3, 0.4) is 0 Å². The highest BCUT2D eigenvalue weighted by Crippen LogP contribution is 2.29. The summed E-state index contributed by atoms with van der Waals surface area (Å²) in [6, 6.07) is 21.6. The predicted molar refractivity (Wildman–Crippen MR) is 97.1 cm³/mol. The number of nitrogens with zero attached hydrogens (tertiary/aromatic N) is 1. The first-order valence-electron chi connectivity index (χ1n) is 7.91. The average molecular weight is 329 g/mol. The largest absolute Gasteiger partial charge is 0.463 e. The van der Waals surface area contributed by atoms with Crippen molar-refractivity contribution < 1.29 is 14.3 Å². The van der Waals surface area contributed by atoms with E-state index >= 15 is 0 Å². The molecule has 0 atom stereocenters. The number of methoxy groups -OCH3 is 1. The highest BCUT2D eigenvalue weighted by Gasteiger charge is 2.22. The third-order valence-electron chi connectivity index (χ3n) is 4.35. The summed E-state index contributed by atoms with van der Waals surface area (Å²) in [6.07, 6.45) is 1.71. The Labute approximate surface area is 144 Å². The number of carbonyl (C=O) groups is 2. The van der Waals surface area contributed by atoms with E-state index < -0.39 is 11.8 Å². The fourth-order valence-corrected chi connectivity index (χ4v) is 3.18. The van der Waals surface area contributed by atoms with Crippen LogP contribution in [-0.2, 0) is 9.53 Å². The first-order chi connectivity index (χ1) is 12.2. The molecule has 1 aromatic heterocycles.